The van der Waals surface area contributed by atoms with Gasteiger partial charge in [-0.3, -0.25) is 9.59 Å². The first-order valence-corrected chi connectivity index (χ1v) is 10.8. The molecule has 7 heteroatoms. The first-order chi connectivity index (χ1) is 10.0. The van der Waals surface area contributed by atoms with Crippen molar-refractivity contribution < 1.29 is 24.6 Å². The number of amides is 1. The molecule has 0 aromatic rings. The van der Waals surface area contributed by atoms with E-state index in [1.165, 1.54) is 20.8 Å². The molecule has 132 valence electrons. The van der Waals surface area contributed by atoms with Gasteiger partial charge in [0.15, 0.2) is 8.24 Å². The standard InChI is InChI=1S/C16H29NO5Si/c1-9(12(18)14(20)21)11-10(16(5,6)22)13(19)17(11)23(7,8)15(2,3)4/h9-11,22H,1-8H3,(H,20,21)/t9?,10-,11-/m0/s1. The molecule has 0 spiro atoms. The summed E-state index contributed by atoms with van der Waals surface area (Å²) < 4.78 is 1.72. The minimum atomic E-state index is -2.28. The van der Waals surface area contributed by atoms with Crippen LogP contribution in [0.5, 0.6) is 0 Å². The molecule has 1 heterocycles. The third kappa shape index (κ3) is 3.21. The molecule has 1 rings (SSSR count). The van der Waals surface area contributed by atoms with Gasteiger partial charge < -0.3 is 14.8 Å². The number of carboxylic acid groups (broad SMARTS) is 1. The SMILES string of the molecule is CC(C(=O)C(=O)O)[C@H]1[C@H](C(C)(C)O)C(=O)N1[Si](C)(C)C(C)(C)C. The number of aliphatic hydroxyl groups is 1. The lowest BCUT2D eigenvalue weighted by molar-refractivity contribution is -0.171. The minimum absolute atomic E-state index is 0.141. The van der Waals surface area contributed by atoms with Crippen molar-refractivity contribution in [2.24, 2.45) is 11.8 Å². The summed E-state index contributed by atoms with van der Waals surface area (Å²) in [6.45, 7) is 14.8. The van der Waals surface area contributed by atoms with Gasteiger partial charge in [0.1, 0.15) is 0 Å². The zero-order chi connectivity index (χ0) is 18.5. The normalized spacial score (nSPS) is 24.2. The number of hydrogen-bond acceptors (Lipinski definition) is 4. The molecule has 1 unspecified atom stereocenters. The Bertz CT molecular complexity index is 530. The molecule has 0 saturated carbocycles. The van der Waals surface area contributed by atoms with Crippen LogP contribution >= 0.6 is 0 Å². The smallest absolute Gasteiger partial charge is 0.372 e. The third-order valence-corrected chi connectivity index (χ3v) is 10.9. The van der Waals surface area contributed by atoms with Crippen LogP contribution in [0.15, 0.2) is 0 Å². The maximum absolute atomic E-state index is 12.8. The van der Waals surface area contributed by atoms with E-state index >= 15 is 0 Å². The highest BCUT2D eigenvalue weighted by molar-refractivity contribution is 6.80. The number of aliphatic carboxylic acids is 1. The highest BCUT2D eigenvalue weighted by Crippen LogP contribution is 2.49. The molecule has 2 N–H and O–H groups in total. The lowest BCUT2D eigenvalue weighted by Gasteiger charge is -2.62. The topological polar surface area (TPSA) is 94.9 Å². The number of carbonyl (C=O) groups excluding carboxylic acids is 2. The van der Waals surface area contributed by atoms with Gasteiger partial charge >= 0.3 is 5.97 Å². The zero-order valence-electron chi connectivity index (χ0n) is 15.3. The molecular formula is C16H29NO5Si. The van der Waals surface area contributed by atoms with Crippen LogP contribution in [0.3, 0.4) is 0 Å². The second-order valence-corrected chi connectivity index (χ2v) is 13.7. The molecule has 0 aromatic heterocycles. The number of hydrogen-bond donors (Lipinski definition) is 2. The predicted octanol–water partition coefficient (Wildman–Crippen LogP) is 1.88. The molecule has 0 radical (unpaired) electrons. The van der Waals surface area contributed by atoms with Crippen molar-refractivity contribution in [2.45, 2.75) is 71.3 Å². The van der Waals surface area contributed by atoms with Crippen LogP contribution in [0.4, 0.5) is 0 Å². The maximum Gasteiger partial charge on any atom is 0.372 e. The minimum Gasteiger partial charge on any atom is -0.475 e. The lowest BCUT2D eigenvalue weighted by Crippen LogP contribution is -2.78. The van der Waals surface area contributed by atoms with Crippen LogP contribution < -0.4 is 0 Å². The maximum atomic E-state index is 12.8. The van der Waals surface area contributed by atoms with E-state index in [9.17, 15) is 19.5 Å². The van der Waals surface area contributed by atoms with E-state index in [0.717, 1.165) is 0 Å². The molecule has 1 saturated heterocycles. The Kier molecular flexibility index (Phi) is 4.91. The lowest BCUT2D eigenvalue weighted by atomic mass is 9.72. The molecule has 1 fully saturated rings. The number of rotatable bonds is 5. The van der Waals surface area contributed by atoms with Crippen molar-refractivity contribution in [1.29, 1.82) is 0 Å². The van der Waals surface area contributed by atoms with Gasteiger partial charge in [-0.05, 0) is 18.9 Å². The highest BCUT2D eigenvalue weighted by Gasteiger charge is 2.63. The number of nitrogens with zero attached hydrogens (tertiary/aromatic N) is 1. The van der Waals surface area contributed by atoms with Crippen molar-refractivity contribution in [3.63, 3.8) is 0 Å². The quantitative estimate of drug-likeness (QED) is 0.451. The van der Waals surface area contributed by atoms with Crippen molar-refractivity contribution in [3.05, 3.63) is 0 Å². The van der Waals surface area contributed by atoms with Gasteiger partial charge in [-0.15, -0.1) is 0 Å². The predicted molar refractivity (Wildman–Crippen MR) is 89.4 cm³/mol. The molecule has 23 heavy (non-hydrogen) atoms. The van der Waals surface area contributed by atoms with E-state index in [1.807, 2.05) is 33.9 Å². The van der Waals surface area contributed by atoms with E-state index < -0.39 is 43.5 Å². The number of carbonyl (C=O) groups is 3. The average Bonchev–Trinajstić information content (AvgIpc) is 2.29. The van der Waals surface area contributed by atoms with Gasteiger partial charge in [0.2, 0.25) is 11.7 Å². The summed E-state index contributed by atoms with van der Waals surface area (Å²) in [7, 11) is -2.28. The summed E-state index contributed by atoms with van der Waals surface area (Å²) >= 11 is 0. The van der Waals surface area contributed by atoms with E-state index in [0.29, 0.717) is 0 Å². The van der Waals surface area contributed by atoms with Crippen LogP contribution in [0, 0.1) is 11.8 Å². The second kappa shape index (κ2) is 5.70. The summed E-state index contributed by atoms with van der Waals surface area (Å²) in [6.07, 6.45) is 0. The Morgan fingerprint density at radius 3 is 1.91 bits per heavy atom. The van der Waals surface area contributed by atoms with Gasteiger partial charge in [-0.1, -0.05) is 40.8 Å². The summed E-state index contributed by atoms with van der Waals surface area (Å²) in [4.78, 5) is 35.8. The molecule has 1 amide bonds. The van der Waals surface area contributed by atoms with Gasteiger partial charge in [-0.2, -0.15) is 0 Å². The van der Waals surface area contributed by atoms with Crippen LogP contribution in [0.1, 0.15) is 41.5 Å². The number of β-lactam (4-membered cyclic amide) rings is 1. The molecule has 0 aliphatic carbocycles. The fourth-order valence-electron chi connectivity index (χ4n) is 3.10. The van der Waals surface area contributed by atoms with Gasteiger partial charge in [-0.25, -0.2) is 4.79 Å². The number of Topliss-reactive ketones (excluding diaryl/α,β-unsaturated/α-hetero) is 1. The Morgan fingerprint density at radius 1 is 1.17 bits per heavy atom. The largest absolute Gasteiger partial charge is 0.475 e. The number of carboxylic acids is 1. The van der Waals surface area contributed by atoms with Crippen LogP contribution in [-0.4, -0.2) is 52.3 Å². The molecule has 1 aliphatic heterocycles. The Balaban J connectivity index is 3.34. The highest BCUT2D eigenvalue weighted by atomic mass is 28.3. The molecule has 0 bridgehead atoms. The fraction of sp³-hybridized carbons (Fsp3) is 0.812. The Labute approximate surface area is 139 Å². The van der Waals surface area contributed by atoms with Crippen molar-refractivity contribution >= 4 is 25.9 Å². The van der Waals surface area contributed by atoms with Gasteiger partial charge in [0, 0.05) is 12.0 Å². The Hall–Kier alpha value is -1.21. The van der Waals surface area contributed by atoms with Crippen LogP contribution in [-0.2, 0) is 14.4 Å². The van der Waals surface area contributed by atoms with Crippen molar-refractivity contribution in [1.82, 2.24) is 4.57 Å². The summed E-state index contributed by atoms with van der Waals surface area (Å²) in [5.74, 6) is -4.20. The van der Waals surface area contributed by atoms with E-state index in [2.05, 4.69) is 0 Å². The van der Waals surface area contributed by atoms with E-state index in [1.54, 1.807) is 4.57 Å². The molecule has 0 aromatic carbocycles. The molecule has 6 nitrogen and oxygen atoms in total. The second-order valence-electron chi connectivity index (χ2n) is 8.60. The van der Waals surface area contributed by atoms with Crippen molar-refractivity contribution in [3.8, 4) is 0 Å². The zero-order valence-corrected chi connectivity index (χ0v) is 16.3. The first kappa shape index (κ1) is 19.8. The van der Waals surface area contributed by atoms with E-state index in [-0.39, 0.29) is 10.9 Å². The molecule has 1 aliphatic rings. The van der Waals surface area contributed by atoms with E-state index in [4.69, 9.17) is 5.11 Å². The third-order valence-electron chi connectivity index (χ3n) is 5.48. The monoisotopic (exact) mass is 343 g/mol. The first-order valence-electron chi connectivity index (χ1n) is 7.88. The molecule has 3 atom stereocenters. The van der Waals surface area contributed by atoms with Gasteiger partial charge in [0.25, 0.3) is 0 Å². The summed E-state index contributed by atoms with van der Waals surface area (Å²) in [6, 6.07) is -0.577. The Morgan fingerprint density at radius 2 is 1.61 bits per heavy atom. The summed E-state index contributed by atoms with van der Waals surface area (Å²) in [5.41, 5.74) is -1.30. The van der Waals surface area contributed by atoms with Gasteiger partial charge in [0.05, 0.1) is 11.5 Å². The molecular weight excluding hydrogens is 314 g/mol. The van der Waals surface area contributed by atoms with Crippen LogP contribution in [0.25, 0.3) is 0 Å². The average molecular weight is 343 g/mol. The fourth-order valence-corrected chi connectivity index (χ4v) is 5.63. The number of ketones is 1. The summed E-state index contributed by atoms with van der Waals surface area (Å²) in [5, 5.41) is 19.2. The van der Waals surface area contributed by atoms with Crippen LogP contribution in [0.2, 0.25) is 18.1 Å². The van der Waals surface area contributed by atoms with Crippen molar-refractivity contribution in [2.75, 3.05) is 0 Å².